The molecule has 2 atom stereocenters. The zero-order chi connectivity index (χ0) is 14.8. The molecule has 0 saturated carbocycles. The first kappa shape index (κ1) is 17.5. The van der Waals surface area contributed by atoms with Crippen LogP contribution in [-0.2, 0) is 14.4 Å². The number of hydrogen-bond donors (Lipinski definition) is 6. The lowest BCUT2D eigenvalue weighted by Gasteiger charge is -2.14. The molecule has 0 aromatic carbocycles. The molecule has 0 aromatic heterocycles. The molecule has 0 fully saturated rings. The highest BCUT2D eigenvalue weighted by Crippen LogP contribution is 1.98. The van der Waals surface area contributed by atoms with Crippen molar-refractivity contribution >= 4 is 30.5 Å². The molecule has 0 aliphatic carbocycles. The lowest BCUT2D eigenvalue weighted by molar-refractivity contribution is -0.158. The van der Waals surface area contributed by atoms with Gasteiger partial charge < -0.3 is 27.1 Å². The number of hydrogen-bond acceptors (Lipinski definition) is 7. The van der Waals surface area contributed by atoms with Crippen molar-refractivity contribution in [3.8, 4) is 0 Å². The second-order valence-corrected chi connectivity index (χ2v) is 4.03. The van der Waals surface area contributed by atoms with Crippen LogP contribution in [0.4, 0.5) is 0 Å². The molecule has 0 saturated heterocycles. The SMILES string of the molecule is NC(N)=NCCC[C@H](N)C(=O)ON[C@@H](CS)C(=O)O. The van der Waals surface area contributed by atoms with E-state index in [1.807, 2.05) is 0 Å². The van der Waals surface area contributed by atoms with Gasteiger partial charge in [0, 0.05) is 12.3 Å². The first-order chi connectivity index (χ1) is 8.88. The van der Waals surface area contributed by atoms with Gasteiger partial charge in [-0.25, -0.2) is 4.79 Å². The third kappa shape index (κ3) is 8.24. The van der Waals surface area contributed by atoms with Gasteiger partial charge in [-0.2, -0.15) is 12.6 Å². The molecule has 9 nitrogen and oxygen atoms in total. The minimum atomic E-state index is -1.18. The van der Waals surface area contributed by atoms with E-state index in [1.54, 1.807) is 0 Å². The van der Waals surface area contributed by atoms with Crippen molar-refractivity contribution in [2.24, 2.45) is 22.2 Å². The number of guanidine groups is 1. The Morgan fingerprint density at radius 1 is 1.42 bits per heavy atom. The van der Waals surface area contributed by atoms with Gasteiger partial charge in [-0.1, -0.05) is 0 Å². The summed E-state index contributed by atoms with van der Waals surface area (Å²) in [5, 5.41) is 8.68. The molecule has 0 aliphatic rings. The lowest BCUT2D eigenvalue weighted by atomic mass is 10.2. The van der Waals surface area contributed by atoms with E-state index >= 15 is 0 Å². The van der Waals surface area contributed by atoms with Gasteiger partial charge in [0.25, 0.3) is 0 Å². The Morgan fingerprint density at radius 3 is 2.53 bits per heavy atom. The fourth-order valence-electron chi connectivity index (χ4n) is 1.01. The second kappa shape index (κ2) is 9.42. The smallest absolute Gasteiger partial charge is 0.341 e. The highest BCUT2D eigenvalue weighted by atomic mass is 32.1. The van der Waals surface area contributed by atoms with E-state index in [9.17, 15) is 9.59 Å². The van der Waals surface area contributed by atoms with E-state index in [4.69, 9.17) is 22.3 Å². The van der Waals surface area contributed by atoms with E-state index in [2.05, 4.69) is 27.9 Å². The highest BCUT2D eigenvalue weighted by molar-refractivity contribution is 7.80. The van der Waals surface area contributed by atoms with E-state index in [-0.39, 0.29) is 11.7 Å². The van der Waals surface area contributed by atoms with Crippen molar-refractivity contribution in [2.45, 2.75) is 24.9 Å². The number of nitrogens with one attached hydrogen (secondary N) is 1. The molecule has 0 aromatic rings. The first-order valence-corrected chi connectivity index (χ1v) is 6.12. The Labute approximate surface area is 115 Å². The Hall–Kier alpha value is -1.52. The zero-order valence-corrected chi connectivity index (χ0v) is 11.2. The minimum absolute atomic E-state index is 0.0255. The van der Waals surface area contributed by atoms with Crippen LogP contribution in [0, 0.1) is 0 Å². The predicted octanol–water partition coefficient (Wildman–Crippen LogP) is -2.20. The van der Waals surface area contributed by atoms with Gasteiger partial charge in [0.2, 0.25) is 0 Å². The van der Waals surface area contributed by atoms with Gasteiger partial charge in [-0.15, -0.1) is 5.48 Å². The summed E-state index contributed by atoms with van der Waals surface area (Å²) in [6, 6.07) is -1.96. The Kier molecular flexibility index (Phi) is 8.66. The standard InChI is InChI=1S/C9H19N5O4S/c10-5(2-1-3-13-9(11)12)8(17)18-14-6(4-19)7(15)16/h5-6,14,19H,1-4,10H2,(H,15,16)(H4,11,12,13)/t5-,6-/m0/s1. The maximum atomic E-state index is 11.4. The first-order valence-electron chi connectivity index (χ1n) is 5.49. The summed E-state index contributed by atoms with van der Waals surface area (Å²) >= 11 is 3.79. The van der Waals surface area contributed by atoms with Crippen LogP contribution in [-0.4, -0.2) is 47.4 Å². The number of hydroxylamine groups is 1. The summed E-state index contributed by atoms with van der Waals surface area (Å²) in [6.07, 6.45) is 0.818. The molecular weight excluding hydrogens is 274 g/mol. The van der Waals surface area contributed by atoms with Crippen molar-refractivity contribution in [1.82, 2.24) is 5.48 Å². The summed E-state index contributed by atoms with van der Waals surface area (Å²) in [5.41, 5.74) is 17.9. The molecule has 8 N–H and O–H groups in total. The van der Waals surface area contributed by atoms with Crippen molar-refractivity contribution in [2.75, 3.05) is 12.3 Å². The summed E-state index contributed by atoms with van der Waals surface area (Å²) in [6.45, 7) is 0.352. The largest absolute Gasteiger partial charge is 0.480 e. The van der Waals surface area contributed by atoms with Crippen LogP contribution in [0.25, 0.3) is 0 Å². The lowest BCUT2D eigenvalue weighted by Crippen LogP contribution is -2.43. The second-order valence-electron chi connectivity index (χ2n) is 3.67. The third-order valence-electron chi connectivity index (χ3n) is 2.05. The maximum absolute atomic E-state index is 11.4. The van der Waals surface area contributed by atoms with Crippen LogP contribution in [0.1, 0.15) is 12.8 Å². The average molecular weight is 293 g/mol. The zero-order valence-electron chi connectivity index (χ0n) is 10.3. The Balaban J connectivity index is 3.93. The molecule has 0 unspecified atom stereocenters. The summed E-state index contributed by atoms with van der Waals surface area (Å²) in [5.74, 6) is -1.99. The molecule has 0 spiro atoms. The number of carboxylic acids is 1. The van der Waals surface area contributed by atoms with Gasteiger partial charge in [-0.3, -0.25) is 9.79 Å². The summed E-state index contributed by atoms with van der Waals surface area (Å²) in [7, 11) is 0. The fraction of sp³-hybridized carbons (Fsp3) is 0.667. The molecule has 110 valence electrons. The number of aliphatic imine (C=N–C) groups is 1. The number of rotatable bonds is 9. The van der Waals surface area contributed by atoms with Crippen molar-refractivity contribution in [3.05, 3.63) is 0 Å². The molecule has 0 rings (SSSR count). The highest BCUT2D eigenvalue weighted by Gasteiger charge is 2.20. The number of thiol groups is 1. The average Bonchev–Trinajstić information content (AvgIpc) is 2.34. The number of aliphatic carboxylic acids is 1. The monoisotopic (exact) mass is 293 g/mol. The van der Waals surface area contributed by atoms with E-state index in [0.29, 0.717) is 19.4 Å². The summed E-state index contributed by atoms with van der Waals surface area (Å²) in [4.78, 5) is 30.3. The number of carboxylic acid groups (broad SMARTS) is 1. The molecule has 0 bridgehead atoms. The van der Waals surface area contributed by atoms with Gasteiger partial charge in [-0.05, 0) is 12.8 Å². The molecule has 0 amide bonds. The van der Waals surface area contributed by atoms with Crippen LogP contribution in [0.2, 0.25) is 0 Å². The van der Waals surface area contributed by atoms with Gasteiger partial charge in [0.1, 0.15) is 12.1 Å². The maximum Gasteiger partial charge on any atom is 0.341 e. The predicted molar refractivity (Wildman–Crippen MR) is 72.4 cm³/mol. The van der Waals surface area contributed by atoms with Crippen molar-refractivity contribution in [1.29, 1.82) is 0 Å². The third-order valence-corrected chi connectivity index (χ3v) is 2.42. The van der Waals surface area contributed by atoms with Gasteiger partial charge in [0.05, 0.1) is 0 Å². The molecule has 10 heteroatoms. The molecular formula is C9H19N5O4S. The summed E-state index contributed by atoms with van der Waals surface area (Å²) < 4.78 is 0. The van der Waals surface area contributed by atoms with Gasteiger partial charge >= 0.3 is 11.9 Å². The Morgan fingerprint density at radius 2 is 2.05 bits per heavy atom. The van der Waals surface area contributed by atoms with Crippen LogP contribution >= 0.6 is 12.6 Å². The molecule has 0 heterocycles. The topological polar surface area (TPSA) is 166 Å². The van der Waals surface area contributed by atoms with E-state index in [0.717, 1.165) is 0 Å². The number of nitrogens with zero attached hydrogens (tertiary/aromatic N) is 1. The van der Waals surface area contributed by atoms with E-state index in [1.165, 1.54) is 0 Å². The normalized spacial score (nSPS) is 13.4. The number of nitrogens with two attached hydrogens (primary N) is 3. The number of carbonyl (C=O) groups excluding carboxylic acids is 1. The van der Waals surface area contributed by atoms with Crippen LogP contribution in [0.5, 0.6) is 0 Å². The quantitative estimate of drug-likeness (QED) is 0.0915. The van der Waals surface area contributed by atoms with Crippen molar-refractivity contribution < 1.29 is 19.5 Å². The van der Waals surface area contributed by atoms with Crippen LogP contribution in [0.15, 0.2) is 4.99 Å². The van der Waals surface area contributed by atoms with Crippen LogP contribution < -0.4 is 22.7 Å². The molecule has 19 heavy (non-hydrogen) atoms. The van der Waals surface area contributed by atoms with Gasteiger partial charge in [0.15, 0.2) is 5.96 Å². The van der Waals surface area contributed by atoms with Crippen molar-refractivity contribution in [3.63, 3.8) is 0 Å². The van der Waals surface area contributed by atoms with E-state index < -0.39 is 24.0 Å². The fourth-order valence-corrected chi connectivity index (χ4v) is 1.24. The number of carbonyl (C=O) groups is 2. The molecule has 0 radical (unpaired) electrons. The minimum Gasteiger partial charge on any atom is -0.480 e. The Bertz CT molecular complexity index is 335. The molecule has 0 aliphatic heterocycles. The van der Waals surface area contributed by atoms with Crippen LogP contribution in [0.3, 0.4) is 0 Å².